The van der Waals surface area contributed by atoms with Crippen LogP contribution in [0.25, 0.3) is 11.0 Å². The number of hydrogen-bond donors (Lipinski definition) is 1. The standard InChI is InChI=1S/C15H17NO4/c1-10(2)8-16-14(17)9-19-15(18)13-7-11-5-3-4-6-12(11)20-13/h3-7,10H,8-9H2,1-2H3,(H,16,17). The van der Waals surface area contributed by atoms with Gasteiger partial charge in [0, 0.05) is 11.9 Å². The predicted octanol–water partition coefficient (Wildman–Crippen LogP) is 2.36. The molecule has 0 fully saturated rings. The maximum atomic E-state index is 11.8. The van der Waals surface area contributed by atoms with Crippen molar-refractivity contribution in [3.05, 3.63) is 36.1 Å². The average molecular weight is 275 g/mol. The molecule has 1 amide bonds. The van der Waals surface area contributed by atoms with Crippen molar-refractivity contribution in [1.29, 1.82) is 0 Å². The lowest BCUT2D eigenvalue weighted by Crippen LogP contribution is -2.31. The summed E-state index contributed by atoms with van der Waals surface area (Å²) in [5, 5.41) is 3.49. The van der Waals surface area contributed by atoms with E-state index in [4.69, 9.17) is 9.15 Å². The molecule has 0 radical (unpaired) electrons. The van der Waals surface area contributed by atoms with E-state index in [0.717, 1.165) is 5.39 Å². The van der Waals surface area contributed by atoms with E-state index in [1.807, 2.05) is 32.0 Å². The Bertz CT molecular complexity index is 582. The zero-order chi connectivity index (χ0) is 14.5. The molecule has 5 nitrogen and oxygen atoms in total. The lowest BCUT2D eigenvalue weighted by atomic mass is 10.2. The first kappa shape index (κ1) is 14.1. The maximum absolute atomic E-state index is 11.8. The molecule has 1 N–H and O–H groups in total. The number of carbonyl (C=O) groups excluding carboxylic acids is 2. The number of amides is 1. The van der Waals surface area contributed by atoms with E-state index in [-0.39, 0.29) is 18.3 Å². The summed E-state index contributed by atoms with van der Waals surface area (Å²) in [5.41, 5.74) is 0.615. The number of esters is 1. The fourth-order valence-electron chi connectivity index (χ4n) is 1.65. The summed E-state index contributed by atoms with van der Waals surface area (Å²) >= 11 is 0. The Kier molecular flexibility index (Phi) is 4.40. The molecule has 0 unspecified atom stereocenters. The largest absolute Gasteiger partial charge is 0.450 e. The molecule has 0 aliphatic heterocycles. The Balaban J connectivity index is 1.90. The summed E-state index contributed by atoms with van der Waals surface area (Å²) < 4.78 is 10.3. The van der Waals surface area contributed by atoms with Crippen molar-refractivity contribution >= 4 is 22.8 Å². The molecule has 0 spiro atoms. The van der Waals surface area contributed by atoms with Gasteiger partial charge in [0.15, 0.2) is 6.61 Å². The van der Waals surface area contributed by atoms with Gasteiger partial charge in [-0.15, -0.1) is 0 Å². The third kappa shape index (κ3) is 3.60. The Morgan fingerprint density at radius 3 is 2.75 bits per heavy atom. The highest BCUT2D eigenvalue weighted by Crippen LogP contribution is 2.19. The van der Waals surface area contributed by atoms with Crippen LogP contribution in [0.3, 0.4) is 0 Å². The molecule has 2 rings (SSSR count). The van der Waals surface area contributed by atoms with Crippen LogP contribution in [-0.4, -0.2) is 25.0 Å². The summed E-state index contributed by atoms with van der Waals surface area (Å²) in [7, 11) is 0. The van der Waals surface area contributed by atoms with Gasteiger partial charge in [-0.25, -0.2) is 4.79 Å². The highest BCUT2D eigenvalue weighted by Gasteiger charge is 2.15. The van der Waals surface area contributed by atoms with Gasteiger partial charge in [-0.3, -0.25) is 4.79 Å². The van der Waals surface area contributed by atoms with Gasteiger partial charge < -0.3 is 14.5 Å². The maximum Gasteiger partial charge on any atom is 0.374 e. The number of benzene rings is 1. The van der Waals surface area contributed by atoms with Crippen LogP contribution in [0.1, 0.15) is 24.4 Å². The van der Waals surface area contributed by atoms with Crippen LogP contribution in [0.2, 0.25) is 0 Å². The predicted molar refractivity (Wildman–Crippen MR) is 74.3 cm³/mol. The number of nitrogens with one attached hydrogen (secondary N) is 1. The SMILES string of the molecule is CC(C)CNC(=O)COC(=O)c1cc2ccccc2o1. The van der Waals surface area contributed by atoms with Crippen molar-refractivity contribution in [2.45, 2.75) is 13.8 Å². The lowest BCUT2D eigenvalue weighted by Gasteiger charge is -2.07. The Morgan fingerprint density at radius 2 is 2.05 bits per heavy atom. The molecule has 5 heteroatoms. The Morgan fingerprint density at radius 1 is 1.30 bits per heavy atom. The van der Waals surface area contributed by atoms with Crippen LogP contribution in [-0.2, 0) is 9.53 Å². The van der Waals surface area contributed by atoms with Crippen molar-refractivity contribution < 1.29 is 18.7 Å². The number of furan rings is 1. The monoisotopic (exact) mass is 275 g/mol. The molecular weight excluding hydrogens is 258 g/mol. The molecule has 0 bridgehead atoms. The van der Waals surface area contributed by atoms with Gasteiger partial charge in [0.2, 0.25) is 5.76 Å². The van der Waals surface area contributed by atoms with Gasteiger partial charge in [0.05, 0.1) is 0 Å². The molecule has 0 aliphatic carbocycles. The smallest absolute Gasteiger partial charge is 0.374 e. The first-order valence-corrected chi connectivity index (χ1v) is 6.48. The molecule has 0 saturated carbocycles. The van der Waals surface area contributed by atoms with E-state index in [9.17, 15) is 9.59 Å². The van der Waals surface area contributed by atoms with Gasteiger partial charge in [-0.2, -0.15) is 0 Å². The Labute approximate surface area is 116 Å². The lowest BCUT2D eigenvalue weighted by molar-refractivity contribution is -0.124. The highest BCUT2D eigenvalue weighted by molar-refractivity contribution is 5.93. The number of ether oxygens (including phenoxy) is 1. The fraction of sp³-hybridized carbons (Fsp3) is 0.333. The van der Waals surface area contributed by atoms with Crippen LogP contribution in [0.5, 0.6) is 0 Å². The minimum atomic E-state index is -0.638. The van der Waals surface area contributed by atoms with Crippen LogP contribution < -0.4 is 5.32 Å². The van der Waals surface area contributed by atoms with Gasteiger partial charge in [-0.1, -0.05) is 32.0 Å². The summed E-state index contributed by atoms with van der Waals surface area (Å²) in [4.78, 5) is 23.2. The van der Waals surface area contributed by atoms with Crippen LogP contribution >= 0.6 is 0 Å². The molecule has 0 atom stereocenters. The summed E-state index contributed by atoms with van der Waals surface area (Å²) in [6.07, 6.45) is 0. The van der Waals surface area contributed by atoms with Crippen molar-refractivity contribution in [3.63, 3.8) is 0 Å². The van der Waals surface area contributed by atoms with E-state index >= 15 is 0 Å². The third-order valence-electron chi connectivity index (χ3n) is 2.67. The first-order valence-electron chi connectivity index (χ1n) is 6.48. The minimum Gasteiger partial charge on any atom is -0.450 e. The molecule has 0 saturated heterocycles. The highest BCUT2D eigenvalue weighted by atomic mass is 16.5. The summed E-state index contributed by atoms with van der Waals surface area (Å²) in [5.74, 6) is -0.503. The number of fused-ring (bicyclic) bond motifs is 1. The second kappa shape index (κ2) is 6.23. The molecule has 2 aromatic rings. The van der Waals surface area contributed by atoms with Crippen LogP contribution in [0.15, 0.2) is 34.7 Å². The van der Waals surface area contributed by atoms with Crippen molar-refractivity contribution in [2.75, 3.05) is 13.2 Å². The normalized spacial score (nSPS) is 10.8. The second-order valence-corrected chi connectivity index (χ2v) is 4.92. The molecule has 1 aromatic carbocycles. The molecule has 1 heterocycles. The van der Waals surface area contributed by atoms with E-state index in [1.165, 1.54) is 0 Å². The number of hydrogen-bond acceptors (Lipinski definition) is 4. The zero-order valence-electron chi connectivity index (χ0n) is 11.5. The number of carbonyl (C=O) groups is 2. The average Bonchev–Trinajstić information content (AvgIpc) is 2.86. The molecule has 106 valence electrons. The van der Waals surface area contributed by atoms with Gasteiger partial charge in [0.25, 0.3) is 5.91 Å². The molecule has 0 aliphatic rings. The quantitative estimate of drug-likeness (QED) is 0.850. The second-order valence-electron chi connectivity index (χ2n) is 4.92. The first-order chi connectivity index (χ1) is 9.56. The summed E-state index contributed by atoms with van der Waals surface area (Å²) in [6, 6.07) is 8.88. The molecule has 20 heavy (non-hydrogen) atoms. The number of para-hydroxylation sites is 1. The van der Waals surface area contributed by atoms with Crippen molar-refractivity contribution in [2.24, 2.45) is 5.92 Å². The fourth-order valence-corrected chi connectivity index (χ4v) is 1.65. The van der Waals surface area contributed by atoms with E-state index in [0.29, 0.717) is 18.0 Å². The van der Waals surface area contributed by atoms with E-state index in [2.05, 4.69) is 5.32 Å². The topological polar surface area (TPSA) is 68.5 Å². The van der Waals surface area contributed by atoms with Crippen molar-refractivity contribution in [3.8, 4) is 0 Å². The molecular formula is C15H17NO4. The van der Waals surface area contributed by atoms with Gasteiger partial charge in [0.1, 0.15) is 5.58 Å². The van der Waals surface area contributed by atoms with Gasteiger partial charge in [-0.05, 0) is 18.1 Å². The van der Waals surface area contributed by atoms with Crippen LogP contribution in [0.4, 0.5) is 0 Å². The van der Waals surface area contributed by atoms with Gasteiger partial charge >= 0.3 is 5.97 Å². The van der Waals surface area contributed by atoms with E-state index < -0.39 is 5.97 Å². The zero-order valence-corrected chi connectivity index (χ0v) is 11.5. The minimum absolute atomic E-state index is 0.0999. The third-order valence-corrected chi connectivity index (χ3v) is 2.67. The van der Waals surface area contributed by atoms with E-state index in [1.54, 1.807) is 12.1 Å². The van der Waals surface area contributed by atoms with Crippen LogP contribution in [0, 0.1) is 5.92 Å². The summed E-state index contributed by atoms with van der Waals surface area (Å²) in [6.45, 7) is 4.23. The number of rotatable bonds is 5. The molecule has 1 aromatic heterocycles. The van der Waals surface area contributed by atoms with Crippen molar-refractivity contribution in [1.82, 2.24) is 5.32 Å². The Hall–Kier alpha value is -2.30.